The second kappa shape index (κ2) is 7.59. The third kappa shape index (κ3) is 4.13. The van der Waals surface area contributed by atoms with Gasteiger partial charge in [0.05, 0.1) is 5.92 Å². The first kappa shape index (κ1) is 17.3. The molecule has 6 heteroatoms. The topological polar surface area (TPSA) is 74.6 Å². The molecule has 2 heterocycles. The fourth-order valence-corrected chi connectivity index (χ4v) is 3.59. The number of hydrogen-bond acceptors (Lipinski definition) is 2. The van der Waals surface area contributed by atoms with Crippen molar-refractivity contribution in [2.24, 2.45) is 11.8 Å². The number of aryl methyl sites for hydroxylation is 1. The third-order valence-electron chi connectivity index (χ3n) is 4.83. The highest BCUT2D eigenvalue weighted by molar-refractivity contribution is 5.80. The minimum atomic E-state index is -0.816. The maximum absolute atomic E-state index is 12.3. The van der Waals surface area contributed by atoms with Crippen LogP contribution in [-0.4, -0.2) is 46.2 Å². The highest BCUT2D eigenvalue weighted by atomic mass is 16.4. The Morgan fingerprint density at radius 1 is 1.24 bits per heavy atom. The molecule has 1 aromatic heterocycles. The van der Waals surface area contributed by atoms with Crippen molar-refractivity contribution < 1.29 is 14.7 Å². The number of likely N-dealkylation sites (tertiary alicyclic amines) is 1. The molecule has 0 radical (unpaired) electrons. The van der Waals surface area contributed by atoms with E-state index in [2.05, 4.69) is 34.3 Å². The number of nitrogens with one attached hydrogen (secondary N) is 1. The number of fused-ring (bicyclic) bond motifs is 1. The first-order valence-corrected chi connectivity index (χ1v) is 8.84. The summed E-state index contributed by atoms with van der Waals surface area (Å²) >= 11 is 0. The summed E-state index contributed by atoms with van der Waals surface area (Å²) in [5.41, 5.74) is 1.20. The van der Waals surface area contributed by atoms with E-state index in [9.17, 15) is 14.7 Å². The molecule has 0 saturated carbocycles. The Kier molecular flexibility index (Phi) is 5.26. The number of carbonyl (C=O) groups excluding carboxylic acids is 1. The zero-order chi connectivity index (χ0) is 17.8. The lowest BCUT2D eigenvalue weighted by Gasteiger charge is -2.34. The van der Waals surface area contributed by atoms with Gasteiger partial charge in [0, 0.05) is 37.9 Å². The van der Waals surface area contributed by atoms with Crippen LogP contribution in [0.3, 0.4) is 0 Å². The van der Waals surface area contributed by atoms with Crippen molar-refractivity contribution in [2.75, 3.05) is 19.6 Å². The van der Waals surface area contributed by atoms with E-state index in [1.807, 2.05) is 19.1 Å². The maximum Gasteiger partial charge on any atom is 0.317 e. The van der Waals surface area contributed by atoms with Crippen LogP contribution in [0.25, 0.3) is 10.9 Å². The number of benzene rings is 1. The molecule has 1 fully saturated rings. The summed E-state index contributed by atoms with van der Waals surface area (Å²) in [6.45, 7) is 4.33. The molecular weight excluding hydrogens is 318 g/mol. The number of nitrogens with zero attached hydrogens (tertiary/aromatic N) is 2. The Balaban J connectivity index is 1.47. The number of carboxylic acids is 1. The number of hydrogen-bond donors (Lipinski definition) is 2. The monoisotopic (exact) mass is 343 g/mol. The Morgan fingerprint density at radius 2 is 2.04 bits per heavy atom. The highest BCUT2D eigenvalue weighted by Crippen LogP contribution is 2.21. The molecule has 2 atom stereocenters. The predicted molar refractivity (Wildman–Crippen MR) is 96.4 cm³/mol. The molecule has 134 valence electrons. The minimum Gasteiger partial charge on any atom is -0.481 e. The second-order valence-corrected chi connectivity index (χ2v) is 6.93. The molecule has 1 aromatic carbocycles. The van der Waals surface area contributed by atoms with Crippen LogP contribution >= 0.6 is 0 Å². The number of para-hydroxylation sites is 1. The average molecular weight is 343 g/mol. The van der Waals surface area contributed by atoms with E-state index in [-0.39, 0.29) is 11.9 Å². The Hall–Kier alpha value is -2.50. The van der Waals surface area contributed by atoms with Crippen LogP contribution in [0.2, 0.25) is 0 Å². The quantitative estimate of drug-likeness (QED) is 0.820. The van der Waals surface area contributed by atoms with Gasteiger partial charge in [-0.25, -0.2) is 4.79 Å². The van der Waals surface area contributed by atoms with E-state index in [0.29, 0.717) is 26.1 Å². The fourth-order valence-electron chi connectivity index (χ4n) is 3.59. The van der Waals surface area contributed by atoms with Crippen LogP contribution < -0.4 is 5.32 Å². The van der Waals surface area contributed by atoms with Crippen LogP contribution in [0.4, 0.5) is 4.79 Å². The zero-order valence-corrected chi connectivity index (χ0v) is 14.5. The molecule has 6 nitrogen and oxygen atoms in total. The van der Waals surface area contributed by atoms with Crippen molar-refractivity contribution in [1.82, 2.24) is 14.8 Å². The number of aromatic nitrogens is 1. The Bertz CT molecular complexity index is 755. The number of amides is 2. The van der Waals surface area contributed by atoms with Crippen molar-refractivity contribution in [3.8, 4) is 0 Å². The molecule has 0 spiro atoms. The summed E-state index contributed by atoms with van der Waals surface area (Å²) in [4.78, 5) is 25.1. The van der Waals surface area contributed by atoms with Gasteiger partial charge in [-0.2, -0.15) is 0 Å². The van der Waals surface area contributed by atoms with Crippen molar-refractivity contribution in [2.45, 2.75) is 26.3 Å². The SMILES string of the molecule is CC1CC(C(=O)O)CN(C(=O)NCCCn2ccc3ccccc32)C1. The van der Waals surface area contributed by atoms with E-state index >= 15 is 0 Å². The average Bonchev–Trinajstić information content (AvgIpc) is 3.01. The summed E-state index contributed by atoms with van der Waals surface area (Å²) in [6.07, 6.45) is 3.53. The summed E-state index contributed by atoms with van der Waals surface area (Å²) in [6, 6.07) is 10.2. The van der Waals surface area contributed by atoms with Gasteiger partial charge < -0.3 is 19.9 Å². The molecule has 0 aliphatic carbocycles. The van der Waals surface area contributed by atoms with E-state index in [0.717, 1.165) is 13.0 Å². The molecule has 25 heavy (non-hydrogen) atoms. The molecule has 2 aromatic rings. The van der Waals surface area contributed by atoms with Gasteiger partial charge in [0.2, 0.25) is 0 Å². The molecule has 1 aliphatic rings. The number of aliphatic carboxylic acids is 1. The van der Waals surface area contributed by atoms with Gasteiger partial charge in [-0.1, -0.05) is 25.1 Å². The number of carboxylic acid groups (broad SMARTS) is 1. The lowest BCUT2D eigenvalue weighted by molar-refractivity contribution is -0.143. The smallest absolute Gasteiger partial charge is 0.317 e. The van der Waals surface area contributed by atoms with Crippen LogP contribution in [0.5, 0.6) is 0 Å². The lowest BCUT2D eigenvalue weighted by atomic mass is 9.91. The zero-order valence-electron chi connectivity index (χ0n) is 14.5. The molecule has 1 aliphatic heterocycles. The van der Waals surface area contributed by atoms with Gasteiger partial charge in [-0.15, -0.1) is 0 Å². The summed E-state index contributed by atoms with van der Waals surface area (Å²) in [7, 11) is 0. The van der Waals surface area contributed by atoms with Crippen LogP contribution in [-0.2, 0) is 11.3 Å². The van der Waals surface area contributed by atoms with Gasteiger partial charge in [-0.05, 0) is 36.3 Å². The van der Waals surface area contributed by atoms with Gasteiger partial charge in [0.25, 0.3) is 0 Å². The summed E-state index contributed by atoms with van der Waals surface area (Å²) in [5, 5.41) is 13.3. The Morgan fingerprint density at radius 3 is 2.84 bits per heavy atom. The van der Waals surface area contributed by atoms with E-state index < -0.39 is 11.9 Å². The van der Waals surface area contributed by atoms with Gasteiger partial charge in [-0.3, -0.25) is 4.79 Å². The first-order chi connectivity index (χ1) is 12.0. The number of piperidine rings is 1. The van der Waals surface area contributed by atoms with Gasteiger partial charge in [0.1, 0.15) is 0 Å². The number of rotatable bonds is 5. The maximum atomic E-state index is 12.3. The summed E-state index contributed by atoms with van der Waals surface area (Å²) in [5.74, 6) is -1.06. The Labute approximate surface area is 147 Å². The van der Waals surface area contributed by atoms with Gasteiger partial charge >= 0.3 is 12.0 Å². The standard InChI is InChI=1S/C19H25N3O3/c1-14-11-16(18(23)24)13-22(12-14)19(25)20-8-4-9-21-10-7-15-5-2-3-6-17(15)21/h2-3,5-7,10,14,16H,4,8-9,11-13H2,1H3,(H,20,25)(H,23,24). The molecule has 0 bridgehead atoms. The minimum absolute atomic E-state index is 0.157. The first-order valence-electron chi connectivity index (χ1n) is 8.84. The normalized spacial score (nSPS) is 20.6. The number of urea groups is 1. The van der Waals surface area contributed by atoms with Crippen molar-refractivity contribution in [3.05, 3.63) is 36.5 Å². The number of carbonyl (C=O) groups is 2. The predicted octanol–water partition coefficient (Wildman–Crippen LogP) is 2.78. The van der Waals surface area contributed by atoms with Crippen molar-refractivity contribution >= 4 is 22.9 Å². The van der Waals surface area contributed by atoms with E-state index in [1.165, 1.54) is 10.9 Å². The van der Waals surface area contributed by atoms with Gasteiger partial charge in [0.15, 0.2) is 0 Å². The third-order valence-corrected chi connectivity index (χ3v) is 4.83. The van der Waals surface area contributed by atoms with E-state index in [1.54, 1.807) is 4.90 Å². The lowest BCUT2D eigenvalue weighted by Crippen LogP contribution is -2.49. The highest BCUT2D eigenvalue weighted by Gasteiger charge is 2.31. The molecule has 3 rings (SSSR count). The van der Waals surface area contributed by atoms with Crippen LogP contribution in [0.15, 0.2) is 36.5 Å². The molecule has 1 saturated heterocycles. The molecule has 2 N–H and O–H groups in total. The van der Waals surface area contributed by atoms with E-state index in [4.69, 9.17) is 0 Å². The van der Waals surface area contributed by atoms with Crippen LogP contribution in [0.1, 0.15) is 19.8 Å². The van der Waals surface area contributed by atoms with Crippen LogP contribution in [0, 0.1) is 11.8 Å². The van der Waals surface area contributed by atoms with Crippen molar-refractivity contribution in [3.63, 3.8) is 0 Å². The largest absolute Gasteiger partial charge is 0.481 e. The molecule has 2 unspecified atom stereocenters. The molecule has 2 amide bonds. The summed E-state index contributed by atoms with van der Waals surface area (Å²) < 4.78 is 2.19. The second-order valence-electron chi connectivity index (χ2n) is 6.93. The molecular formula is C19H25N3O3. The van der Waals surface area contributed by atoms with Crippen molar-refractivity contribution in [1.29, 1.82) is 0 Å². The fraction of sp³-hybridized carbons (Fsp3) is 0.474.